The van der Waals surface area contributed by atoms with Gasteiger partial charge in [-0.2, -0.15) is 0 Å². The molecule has 0 aliphatic carbocycles. The number of hydrogen-bond donors (Lipinski definition) is 2. The molecule has 19 heavy (non-hydrogen) atoms. The Labute approximate surface area is 122 Å². The summed E-state index contributed by atoms with van der Waals surface area (Å²) in [7, 11) is 0. The molecule has 0 unspecified atom stereocenters. The van der Waals surface area contributed by atoms with Crippen molar-refractivity contribution in [3.05, 3.63) is 57.3 Å². The minimum Gasteiger partial charge on any atom is -0.398 e. The van der Waals surface area contributed by atoms with E-state index in [0.29, 0.717) is 26.4 Å². The van der Waals surface area contributed by atoms with Gasteiger partial charge in [0, 0.05) is 11.3 Å². The number of nitrogens with one attached hydrogen (secondary N) is 1. The van der Waals surface area contributed by atoms with Crippen LogP contribution in [0.4, 0.5) is 15.8 Å². The maximum atomic E-state index is 13.3. The topological polar surface area (TPSA) is 55.1 Å². The van der Waals surface area contributed by atoms with Gasteiger partial charge in [-0.1, -0.05) is 11.6 Å². The first kappa shape index (κ1) is 13.8. The van der Waals surface area contributed by atoms with Crippen molar-refractivity contribution in [2.75, 3.05) is 11.1 Å². The lowest BCUT2D eigenvalue weighted by atomic mass is 10.2. The maximum Gasteiger partial charge on any atom is 0.255 e. The van der Waals surface area contributed by atoms with Gasteiger partial charge in [0.1, 0.15) is 5.82 Å². The van der Waals surface area contributed by atoms with Gasteiger partial charge in [-0.05, 0) is 52.3 Å². The Kier molecular flexibility index (Phi) is 4.07. The van der Waals surface area contributed by atoms with Crippen LogP contribution in [0.2, 0.25) is 5.02 Å². The zero-order chi connectivity index (χ0) is 14.0. The standard InChI is InChI=1S/C13H9BrClFN2O/c14-9-3-2-8(6-11(9)16)18-13(19)7-1-4-10(15)12(17)5-7/h1-6H,17H2,(H,18,19). The van der Waals surface area contributed by atoms with Crippen LogP contribution in [-0.2, 0) is 0 Å². The summed E-state index contributed by atoms with van der Waals surface area (Å²) in [5.41, 5.74) is 6.65. The van der Waals surface area contributed by atoms with E-state index in [4.69, 9.17) is 17.3 Å². The number of hydrogen-bond acceptors (Lipinski definition) is 2. The van der Waals surface area contributed by atoms with Crippen molar-refractivity contribution >= 4 is 44.8 Å². The predicted octanol–water partition coefficient (Wildman–Crippen LogP) is 4.08. The van der Waals surface area contributed by atoms with Gasteiger partial charge in [0.2, 0.25) is 0 Å². The molecule has 0 aliphatic rings. The average Bonchev–Trinajstić information content (AvgIpc) is 2.37. The van der Waals surface area contributed by atoms with Crippen molar-refractivity contribution in [3.63, 3.8) is 0 Å². The van der Waals surface area contributed by atoms with E-state index in [1.54, 1.807) is 12.1 Å². The number of carbonyl (C=O) groups excluding carboxylic acids is 1. The molecule has 0 fully saturated rings. The molecule has 6 heteroatoms. The highest BCUT2D eigenvalue weighted by atomic mass is 79.9. The third-order valence-corrected chi connectivity index (χ3v) is 3.42. The highest BCUT2D eigenvalue weighted by Crippen LogP contribution is 2.22. The maximum absolute atomic E-state index is 13.3. The lowest BCUT2D eigenvalue weighted by molar-refractivity contribution is 0.102. The van der Waals surface area contributed by atoms with Gasteiger partial charge in [-0.3, -0.25) is 4.79 Å². The normalized spacial score (nSPS) is 10.3. The number of carbonyl (C=O) groups is 1. The Morgan fingerprint density at radius 1 is 1.26 bits per heavy atom. The third-order valence-electron chi connectivity index (χ3n) is 2.44. The summed E-state index contributed by atoms with van der Waals surface area (Å²) < 4.78 is 13.6. The van der Waals surface area contributed by atoms with Crippen LogP contribution < -0.4 is 11.1 Å². The molecule has 2 aromatic carbocycles. The third kappa shape index (κ3) is 3.24. The van der Waals surface area contributed by atoms with Crippen molar-refractivity contribution in [3.8, 4) is 0 Å². The van der Waals surface area contributed by atoms with E-state index in [-0.39, 0.29) is 5.91 Å². The molecule has 0 radical (unpaired) electrons. The van der Waals surface area contributed by atoms with Crippen LogP contribution in [0.3, 0.4) is 0 Å². The van der Waals surface area contributed by atoms with E-state index in [9.17, 15) is 9.18 Å². The number of benzene rings is 2. The Hall–Kier alpha value is -1.59. The van der Waals surface area contributed by atoms with Gasteiger partial charge >= 0.3 is 0 Å². The van der Waals surface area contributed by atoms with E-state index >= 15 is 0 Å². The number of nitrogens with two attached hydrogens (primary N) is 1. The zero-order valence-corrected chi connectivity index (χ0v) is 11.9. The second-order valence-corrected chi connectivity index (χ2v) is 5.08. The molecule has 0 spiro atoms. The number of amides is 1. The molecule has 3 N–H and O–H groups in total. The first-order valence-corrected chi connectivity index (χ1v) is 6.46. The summed E-state index contributed by atoms with van der Waals surface area (Å²) in [5, 5.41) is 2.96. The zero-order valence-electron chi connectivity index (χ0n) is 9.58. The highest BCUT2D eigenvalue weighted by molar-refractivity contribution is 9.10. The molecule has 98 valence electrons. The fourth-order valence-electron chi connectivity index (χ4n) is 1.46. The van der Waals surface area contributed by atoms with Crippen LogP contribution in [0.5, 0.6) is 0 Å². The van der Waals surface area contributed by atoms with Crippen LogP contribution in [0.1, 0.15) is 10.4 Å². The van der Waals surface area contributed by atoms with Gasteiger partial charge in [-0.15, -0.1) is 0 Å². The Balaban J connectivity index is 2.20. The summed E-state index contributed by atoms with van der Waals surface area (Å²) in [6, 6.07) is 8.87. The summed E-state index contributed by atoms with van der Waals surface area (Å²) in [6.45, 7) is 0. The fraction of sp³-hybridized carbons (Fsp3) is 0. The molecule has 0 atom stereocenters. The Bertz CT molecular complexity index is 649. The molecular weight excluding hydrogens is 335 g/mol. The lowest BCUT2D eigenvalue weighted by Crippen LogP contribution is -2.12. The molecule has 0 aromatic heterocycles. The minimum absolute atomic E-state index is 0.316. The van der Waals surface area contributed by atoms with Gasteiger partial charge in [0.15, 0.2) is 0 Å². The van der Waals surface area contributed by atoms with Crippen LogP contribution in [0.15, 0.2) is 40.9 Å². The van der Waals surface area contributed by atoms with E-state index in [1.165, 1.54) is 24.3 Å². The molecule has 2 rings (SSSR count). The molecular formula is C13H9BrClFN2O. The summed E-state index contributed by atoms with van der Waals surface area (Å²) >= 11 is 8.81. The quantitative estimate of drug-likeness (QED) is 0.807. The van der Waals surface area contributed by atoms with Gasteiger partial charge in [0.05, 0.1) is 15.2 Å². The van der Waals surface area contributed by atoms with Crippen molar-refractivity contribution in [2.24, 2.45) is 0 Å². The second kappa shape index (κ2) is 5.59. The summed E-state index contributed by atoms with van der Waals surface area (Å²) in [6.07, 6.45) is 0. The van der Waals surface area contributed by atoms with E-state index < -0.39 is 5.82 Å². The molecule has 0 saturated carbocycles. The number of rotatable bonds is 2. The summed E-state index contributed by atoms with van der Waals surface area (Å²) in [5.74, 6) is -0.835. The van der Waals surface area contributed by atoms with Crippen molar-refractivity contribution in [1.29, 1.82) is 0 Å². The monoisotopic (exact) mass is 342 g/mol. The van der Waals surface area contributed by atoms with Crippen molar-refractivity contribution < 1.29 is 9.18 Å². The molecule has 0 aliphatic heterocycles. The Morgan fingerprint density at radius 3 is 2.63 bits per heavy atom. The molecule has 0 heterocycles. The number of nitrogen functional groups attached to an aromatic ring is 1. The van der Waals surface area contributed by atoms with Gasteiger partial charge in [-0.25, -0.2) is 4.39 Å². The molecule has 3 nitrogen and oxygen atoms in total. The van der Waals surface area contributed by atoms with Crippen molar-refractivity contribution in [2.45, 2.75) is 0 Å². The van der Waals surface area contributed by atoms with E-state index in [2.05, 4.69) is 21.2 Å². The van der Waals surface area contributed by atoms with Crippen LogP contribution in [0.25, 0.3) is 0 Å². The van der Waals surface area contributed by atoms with Crippen LogP contribution in [0, 0.1) is 5.82 Å². The molecule has 0 saturated heterocycles. The number of halogens is 3. The molecule has 1 amide bonds. The average molecular weight is 344 g/mol. The van der Waals surface area contributed by atoms with Gasteiger partial charge < -0.3 is 11.1 Å². The van der Waals surface area contributed by atoms with E-state index in [1.807, 2.05) is 0 Å². The highest BCUT2D eigenvalue weighted by Gasteiger charge is 2.09. The lowest BCUT2D eigenvalue weighted by Gasteiger charge is -2.07. The van der Waals surface area contributed by atoms with Crippen molar-refractivity contribution in [1.82, 2.24) is 0 Å². The smallest absolute Gasteiger partial charge is 0.255 e. The molecule has 0 bridgehead atoms. The van der Waals surface area contributed by atoms with Gasteiger partial charge in [0.25, 0.3) is 5.91 Å². The Morgan fingerprint density at radius 2 is 2.00 bits per heavy atom. The molecule has 2 aromatic rings. The van der Waals surface area contributed by atoms with E-state index in [0.717, 1.165) is 0 Å². The predicted molar refractivity (Wildman–Crippen MR) is 77.9 cm³/mol. The SMILES string of the molecule is Nc1cc(C(=O)Nc2ccc(Br)c(F)c2)ccc1Cl. The second-order valence-electron chi connectivity index (χ2n) is 3.82. The van der Waals surface area contributed by atoms with Crippen LogP contribution in [-0.4, -0.2) is 5.91 Å². The number of anilines is 2. The first-order valence-electron chi connectivity index (χ1n) is 5.29. The van der Waals surface area contributed by atoms with Crippen LogP contribution >= 0.6 is 27.5 Å². The minimum atomic E-state index is -0.451. The first-order chi connectivity index (χ1) is 8.97. The fourth-order valence-corrected chi connectivity index (χ4v) is 1.83. The largest absolute Gasteiger partial charge is 0.398 e. The summed E-state index contributed by atoms with van der Waals surface area (Å²) in [4.78, 5) is 11.9.